The number of alkyl carbamates (subject to hydrolysis) is 1. The Hall–Kier alpha value is -2.35. The van der Waals surface area contributed by atoms with Crippen LogP contribution in [0.2, 0.25) is 18.1 Å². The van der Waals surface area contributed by atoms with E-state index in [9.17, 15) is 4.79 Å². The SMILES string of the molecule is CC(C)(C)[Si](C)(C)Oc1cc(CCNC(=O)OCc2ccccc2)ccc1C1OCCO1. The van der Waals surface area contributed by atoms with E-state index >= 15 is 0 Å². The van der Waals surface area contributed by atoms with Crippen molar-refractivity contribution in [1.82, 2.24) is 5.32 Å². The van der Waals surface area contributed by atoms with Crippen molar-refractivity contribution in [2.75, 3.05) is 19.8 Å². The highest BCUT2D eigenvalue weighted by Crippen LogP contribution is 2.40. The van der Waals surface area contributed by atoms with Crippen LogP contribution in [0.5, 0.6) is 5.75 Å². The van der Waals surface area contributed by atoms with E-state index < -0.39 is 20.7 Å². The van der Waals surface area contributed by atoms with E-state index in [-0.39, 0.29) is 11.6 Å². The molecule has 1 N–H and O–H groups in total. The van der Waals surface area contributed by atoms with E-state index in [0.717, 1.165) is 22.4 Å². The van der Waals surface area contributed by atoms with E-state index in [1.165, 1.54) is 0 Å². The monoisotopic (exact) mass is 457 g/mol. The van der Waals surface area contributed by atoms with Gasteiger partial charge < -0.3 is 24.0 Å². The summed E-state index contributed by atoms with van der Waals surface area (Å²) in [6.07, 6.45) is -0.146. The van der Waals surface area contributed by atoms with Crippen LogP contribution in [0.1, 0.15) is 43.8 Å². The molecule has 174 valence electrons. The number of carbonyl (C=O) groups excluding carboxylic acids is 1. The predicted octanol–water partition coefficient (Wildman–Crippen LogP) is 5.58. The highest BCUT2D eigenvalue weighted by Gasteiger charge is 2.40. The highest BCUT2D eigenvalue weighted by molar-refractivity contribution is 6.74. The molecule has 0 atom stereocenters. The molecule has 0 saturated carbocycles. The summed E-state index contributed by atoms with van der Waals surface area (Å²) >= 11 is 0. The fourth-order valence-electron chi connectivity index (χ4n) is 3.07. The second-order valence-corrected chi connectivity index (χ2v) is 14.3. The molecule has 1 aliphatic heterocycles. The van der Waals surface area contributed by atoms with E-state index in [0.29, 0.717) is 26.2 Å². The van der Waals surface area contributed by atoms with Crippen molar-refractivity contribution >= 4 is 14.4 Å². The predicted molar refractivity (Wildman–Crippen MR) is 127 cm³/mol. The quantitative estimate of drug-likeness (QED) is 0.524. The van der Waals surface area contributed by atoms with Crippen LogP contribution in [0, 0.1) is 0 Å². The van der Waals surface area contributed by atoms with Gasteiger partial charge in [0.2, 0.25) is 8.32 Å². The first-order valence-electron chi connectivity index (χ1n) is 11.2. The summed E-state index contributed by atoms with van der Waals surface area (Å²) in [7, 11) is -2.04. The van der Waals surface area contributed by atoms with E-state index in [1.807, 2.05) is 42.5 Å². The number of rotatable bonds is 8. The summed E-state index contributed by atoms with van der Waals surface area (Å²) in [6.45, 7) is 13.0. The summed E-state index contributed by atoms with van der Waals surface area (Å²) < 4.78 is 23.4. The second-order valence-electron chi connectivity index (χ2n) is 9.55. The minimum absolute atomic E-state index is 0.0712. The van der Waals surface area contributed by atoms with Crippen LogP contribution >= 0.6 is 0 Å². The van der Waals surface area contributed by atoms with Gasteiger partial charge in [-0.15, -0.1) is 0 Å². The van der Waals surface area contributed by atoms with Gasteiger partial charge in [-0.25, -0.2) is 4.79 Å². The lowest BCUT2D eigenvalue weighted by atomic mass is 10.1. The normalized spacial score (nSPS) is 14.9. The van der Waals surface area contributed by atoms with Gasteiger partial charge in [0.05, 0.1) is 13.2 Å². The second kappa shape index (κ2) is 10.5. The summed E-state index contributed by atoms with van der Waals surface area (Å²) in [4.78, 5) is 12.0. The van der Waals surface area contributed by atoms with Crippen molar-refractivity contribution in [3.05, 3.63) is 65.2 Å². The number of nitrogens with one attached hydrogen (secondary N) is 1. The first-order chi connectivity index (χ1) is 15.2. The first kappa shape index (κ1) is 24.3. The number of hydrogen-bond acceptors (Lipinski definition) is 5. The smallest absolute Gasteiger partial charge is 0.407 e. The third kappa shape index (κ3) is 6.57. The molecule has 1 amide bonds. The Balaban J connectivity index is 1.62. The summed E-state index contributed by atoms with van der Waals surface area (Å²) in [6, 6.07) is 15.7. The Kier molecular flexibility index (Phi) is 7.98. The Morgan fingerprint density at radius 2 is 1.75 bits per heavy atom. The molecule has 2 aromatic rings. The lowest BCUT2D eigenvalue weighted by Crippen LogP contribution is -2.44. The van der Waals surface area contributed by atoms with Crippen molar-refractivity contribution in [3.8, 4) is 5.75 Å². The molecule has 0 bridgehead atoms. The number of ether oxygens (including phenoxy) is 3. The molecule has 7 heteroatoms. The Labute approximate surface area is 192 Å². The van der Waals surface area contributed by atoms with E-state index in [2.05, 4.69) is 45.2 Å². The van der Waals surface area contributed by atoms with Gasteiger partial charge in [0.15, 0.2) is 6.29 Å². The third-order valence-corrected chi connectivity index (χ3v) is 10.4. The standard InChI is InChI=1S/C25H35NO5Si/c1-25(2,3)32(4,5)31-22-17-19(11-12-21(22)23-28-15-16-29-23)13-14-26-24(27)30-18-20-9-7-6-8-10-20/h6-12,17,23H,13-16,18H2,1-5H3,(H,26,27). The summed E-state index contributed by atoms with van der Waals surface area (Å²) in [5.74, 6) is 0.813. The first-order valence-corrected chi connectivity index (χ1v) is 14.1. The zero-order chi connectivity index (χ0) is 23.2. The molecule has 2 aromatic carbocycles. The highest BCUT2D eigenvalue weighted by atomic mass is 28.4. The van der Waals surface area contributed by atoms with Crippen molar-refractivity contribution in [2.24, 2.45) is 0 Å². The Morgan fingerprint density at radius 3 is 2.41 bits per heavy atom. The van der Waals surface area contributed by atoms with Gasteiger partial charge in [0.25, 0.3) is 0 Å². The van der Waals surface area contributed by atoms with Gasteiger partial charge in [-0.3, -0.25) is 0 Å². The maximum atomic E-state index is 12.0. The van der Waals surface area contributed by atoms with Gasteiger partial charge >= 0.3 is 6.09 Å². The number of hydrogen-bond donors (Lipinski definition) is 1. The minimum atomic E-state index is -2.04. The molecule has 32 heavy (non-hydrogen) atoms. The number of carbonyl (C=O) groups is 1. The van der Waals surface area contributed by atoms with Crippen LogP contribution in [-0.4, -0.2) is 34.2 Å². The topological polar surface area (TPSA) is 66.0 Å². The fourth-order valence-corrected chi connectivity index (χ4v) is 4.10. The lowest BCUT2D eigenvalue weighted by molar-refractivity contribution is -0.0450. The van der Waals surface area contributed by atoms with Crippen molar-refractivity contribution in [3.63, 3.8) is 0 Å². The van der Waals surface area contributed by atoms with E-state index in [1.54, 1.807) is 0 Å². The summed E-state index contributed by atoms with van der Waals surface area (Å²) in [5, 5.41) is 2.89. The van der Waals surface area contributed by atoms with Crippen LogP contribution in [0.3, 0.4) is 0 Å². The molecule has 1 fully saturated rings. The largest absolute Gasteiger partial charge is 0.543 e. The average molecular weight is 458 g/mol. The van der Waals surface area contributed by atoms with E-state index in [4.69, 9.17) is 18.6 Å². The maximum absolute atomic E-state index is 12.0. The molecular formula is C25H35NO5Si. The molecule has 1 saturated heterocycles. The minimum Gasteiger partial charge on any atom is -0.543 e. The van der Waals surface area contributed by atoms with Crippen LogP contribution in [0.4, 0.5) is 4.79 Å². The molecule has 3 rings (SSSR count). The Morgan fingerprint density at radius 1 is 1.06 bits per heavy atom. The molecule has 0 aromatic heterocycles. The van der Waals surface area contributed by atoms with Gasteiger partial charge in [-0.05, 0) is 47.8 Å². The third-order valence-electron chi connectivity index (χ3n) is 6.02. The zero-order valence-electron chi connectivity index (χ0n) is 19.8. The molecule has 6 nitrogen and oxygen atoms in total. The molecule has 0 radical (unpaired) electrons. The fraction of sp³-hybridized carbons (Fsp3) is 0.480. The zero-order valence-corrected chi connectivity index (χ0v) is 20.8. The van der Waals surface area contributed by atoms with Gasteiger partial charge in [-0.2, -0.15) is 0 Å². The van der Waals surface area contributed by atoms with Gasteiger partial charge in [0.1, 0.15) is 12.4 Å². The number of amides is 1. The van der Waals surface area contributed by atoms with Crippen LogP contribution in [-0.2, 0) is 27.2 Å². The van der Waals surface area contributed by atoms with Gasteiger partial charge in [0, 0.05) is 12.1 Å². The molecule has 0 aliphatic carbocycles. The summed E-state index contributed by atoms with van der Waals surface area (Å²) in [5.41, 5.74) is 2.96. The van der Waals surface area contributed by atoms with Crippen molar-refractivity contribution in [1.29, 1.82) is 0 Å². The molecule has 1 aliphatic rings. The van der Waals surface area contributed by atoms with Crippen molar-refractivity contribution in [2.45, 2.75) is 58.2 Å². The van der Waals surface area contributed by atoms with Crippen LogP contribution in [0.15, 0.2) is 48.5 Å². The van der Waals surface area contributed by atoms with Crippen molar-refractivity contribution < 1.29 is 23.4 Å². The molecule has 1 heterocycles. The maximum Gasteiger partial charge on any atom is 0.407 e. The molecular weight excluding hydrogens is 422 g/mol. The van der Waals surface area contributed by atoms with Gasteiger partial charge in [-0.1, -0.05) is 57.2 Å². The average Bonchev–Trinajstić information content (AvgIpc) is 3.27. The Bertz CT molecular complexity index is 889. The number of benzene rings is 2. The van der Waals surface area contributed by atoms with Crippen LogP contribution < -0.4 is 9.74 Å². The molecule has 0 spiro atoms. The van der Waals surface area contributed by atoms with Crippen LogP contribution in [0.25, 0.3) is 0 Å². The lowest BCUT2D eigenvalue weighted by Gasteiger charge is -2.37. The molecule has 0 unspecified atom stereocenters.